The zero-order chi connectivity index (χ0) is 13.8. The fourth-order valence-electron chi connectivity index (χ4n) is 2.30. The Morgan fingerprint density at radius 2 is 1.74 bits per heavy atom. The summed E-state index contributed by atoms with van der Waals surface area (Å²) in [6.45, 7) is 7.30. The first-order valence-corrected chi connectivity index (χ1v) is 6.98. The Hall–Kier alpha value is -1.31. The highest BCUT2D eigenvalue weighted by atomic mass is 35.5. The first-order chi connectivity index (χ1) is 9.04. The minimum Gasteiger partial charge on any atom is -0.306 e. The monoisotopic (exact) mass is 273 g/mol. The van der Waals surface area contributed by atoms with Crippen molar-refractivity contribution in [2.24, 2.45) is 0 Å². The number of hydrogen-bond acceptors (Lipinski definition) is 1. The van der Waals surface area contributed by atoms with Crippen LogP contribution in [0.2, 0.25) is 5.02 Å². The molecule has 0 aliphatic heterocycles. The highest BCUT2D eigenvalue weighted by Gasteiger charge is 2.06. The molecule has 2 aromatic carbocycles. The second-order valence-electron chi connectivity index (χ2n) is 5.15. The van der Waals surface area contributed by atoms with E-state index in [0.29, 0.717) is 6.04 Å². The summed E-state index contributed by atoms with van der Waals surface area (Å²) in [5, 5.41) is 4.33. The van der Waals surface area contributed by atoms with Gasteiger partial charge in [-0.25, -0.2) is 0 Å². The average Bonchev–Trinajstić information content (AvgIpc) is 2.35. The summed E-state index contributed by atoms with van der Waals surface area (Å²) in [7, 11) is 0. The Balaban J connectivity index is 2.03. The molecular weight excluding hydrogens is 254 g/mol. The quantitative estimate of drug-likeness (QED) is 0.843. The molecule has 0 radical (unpaired) electrons. The summed E-state index contributed by atoms with van der Waals surface area (Å²) in [5.74, 6) is 0. The minimum atomic E-state index is 0.331. The Bertz CT molecular complexity index is 543. The van der Waals surface area contributed by atoms with Gasteiger partial charge in [-0.05, 0) is 44.0 Å². The number of aryl methyl sites for hydroxylation is 2. The van der Waals surface area contributed by atoms with E-state index in [9.17, 15) is 0 Å². The van der Waals surface area contributed by atoms with E-state index < -0.39 is 0 Å². The predicted octanol–water partition coefficient (Wildman–Crippen LogP) is 4.81. The van der Waals surface area contributed by atoms with Crippen LogP contribution in [0.5, 0.6) is 0 Å². The van der Waals surface area contributed by atoms with E-state index in [2.05, 4.69) is 50.4 Å². The van der Waals surface area contributed by atoms with Crippen LogP contribution in [0.3, 0.4) is 0 Å². The normalized spacial score (nSPS) is 12.4. The van der Waals surface area contributed by atoms with Crippen molar-refractivity contribution in [3.63, 3.8) is 0 Å². The molecule has 2 rings (SSSR count). The van der Waals surface area contributed by atoms with Crippen LogP contribution in [0.25, 0.3) is 0 Å². The van der Waals surface area contributed by atoms with Crippen molar-refractivity contribution >= 4 is 11.6 Å². The van der Waals surface area contributed by atoms with E-state index in [-0.39, 0.29) is 0 Å². The van der Waals surface area contributed by atoms with Gasteiger partial charge >= 0.3 is 0 Å². The standard InChI is InChI=1S/C17H20ClN/c1-12-7-13(2)9-16(8-12)14(3)19-11-15-5-4-6-17(18)10-15/h4-10,14,19H,11H2,1-3H3. The summed E-state index contributed by atoms with van der Waals surface area (Å²) >= 11 is 5.99. The molecule has 19 heavy (non-hydrogen) atoms. The molecule has 0 aliphatic rings. The topological polar surface area (TPSA) is 12.0 Å². The zero-order valence-electron chi connectivity index (χ0n) is 11.7. The molecule has 1 atom stereocenters. The summed E-state index contributed by atoms with van der Waals surface area (Å²) in [4.78, 5) is 0. The molecule has 0 saturated carbocycles. The highest BCUT2D eigenvalue weighted by molar-refractivity contribution is 6.30. The van der Waals surface area contributed by atoms with Crippen LogP contribution in [0.4, 0.5) is 0 Å². The average molecular weight is 274 g/mol. The maximum atomic E-state index is 5.99. The summed E-state index contributed by atoms with van der Waals surface area (Å²) in [6, 6.07) is 15.0. The van der Waals surface area contributed by atoms with Crippen molar-refractivity contribution in [2.45, 2.75) is 33.4 Å². The second-order valence-corrected chi connectivity index (χ2v) is 5.59. The molecule has 0 amide bonds. The number of hydrogen-bond donors (Lipinski definition) is 1. The van der Waals surface area contributed by atoms with Crippen LogP contribution in [-0.4, -0.2) is 0 Å². The molecule has 2 aromatic rings. The van der Waals surface area contributed by atoms with E-state index in [1.807, 2.05) is 18.2 Å². The third kappa shape index (κ3) is 4.09. The van der Waals surface area contributed by atoms with Gasteiger partial charge in [0.2, 0.25) is 0 Å². The van der Waals surface area contributed by atoms with E-state index in [1.165, 1.54) is 22.3 Å². The van der Waals surface area contributed by atoms with Gasteiger partial charge in [-0.1, -0.05) is 53.1 Å². The van der Waals surface area contributed by atoms with E-state index in [1.54, 1.807) is 0 Å². The molecule has 1 N–H and O–H groups in total. The largest absolute Gasteiger partial charge is 0.306 e. The van der Waals surface area contributed by atoms with Gasteiger partial charge in [-0.3, -0.25) is 0 Å². The lowest BCUT2D eigenvalue weighted by Crippen LogP contribution is -2.18. The molecule has 0 heterocycles. The molecule has 100 valence electrons. The van der Waals surface area contributed by atoms with Crippen molar-refractivity contribution in [1.82, 2.24) is 5.32 Å². The molecule has 0 fully saturated rings. The summed E-state index contributed by atoms with van der Waals surface area (Å²) < 4.78 is 0. The van der Waals surface area contributed by atoms with Gasteiger partial charge in [-0.2, -0.15) is 0 Å². The Morgan fingerprint density at radius 3 is 2.37 bits per heavy atom. The first kappa shape index (κ1) is 14.1. The minimum absolute atomic E-state index is 0.331. The summed E-state index contributed by atoms with van der Waals surface area (Å²) in [5.41, 5.74) is 5.17. The molecular formula is C17H20ClN. The lowest BCUT2D eigenvalue weighted by Gasteiger charge is -2.16. The van der Waals surface area contributed by atoms with E-state index in [4.69, 9.17) is 11.6 Å². The van der Waals surface area contributed by atoms with Crippen molar-refractivity contribution in [2.75, 3.05) is 0 Å². The predicted molar refractivity (Wildman–Crippen MR) is 82.6 cm³/mol. The van der Waals surface area contributed by atoms with Crippen LogP contribution in [0, 0.1) is 13.8 Å². The number of rotatable bonds is 4. The molecule has 0 aliphatic carbocycles. The van der Waals surface area contributed by atoms with Crippen molar-refractivity contribution < 1.29 is 0 Å². The van der Waals surface area contributed by atoms with Gasteiger partial charge in [0.15, 0.2) is 0 Å². The fourth-order valence-corrected chi connectivity index (χ4v) is 2.51. The molecule has 2 heteroatoms. The number of halogens is 1. The Kier molecular flexibility index (Phi) is 4.62. The molecule has 0 saturated heterocycles. The van der Waals surface area contributed by atoms with Gasteiger partial charge in [0, 0.05) is 17.6 Å². The SMILES string of the molecule is Cc1cc(C)cc(C(C)NCc2cccc(Cl)c2)c1. The molecule has 1 nitrogen and oxygen atoms in total. The number of benzene rings is 2. The van der Waals surface area contributed by atoms with Gasteiger partial charge in [0.25, 0.3) is 0 Å². The van der Waals surface area contributed by atoms with E-state index in [0.717, 1.165) is 11.6 Å². The van der Waals surface area contributed by atoms with Crippen molar-refractivity contribution in [1.29, 1.82) is 0 Å². The van der Waals surface area contributed by atoms with Crippen LogP contribution in [-0.2, 0) is 6.54 Å². The Morgan fingerprint density at radius 1 is 1.05 bits per heavy atom. The highest BCUT2D eigenvalue weighted by Crippen LogP contribution is 2.18. The third-order valence-electron chi connectivity index (χ3n) is 3.25. The zero-order valence-corrected chi connectivity index (χ0v) is 12.5. The van der Waals surface area contributed by atoms with E-state index >= 15 is 0 Å². The molecule has 0 aromatic heterocycles. The second kappa shape index (κ2) is 6.23. The lowest BCUT2D eigenvalue weighted by molar-refractivity contribution is 0.574. The maximum Gasteiger partial charge on any atom is 0.0409 e. The van der Waals surface area contributed by atoms with Gasteiger partial charge in [0.1, 0.15) is 0 Å². The van der Waals surface area contributed by atoms with Crippen molar-refractivity contribution in [3.8, 4) is 0 Å². The van der Waals surface area contributed by atoms with Gasteiger partial charge in [-0.15, -0.1) is 0 Å². The number of nitrogens with one attached hydrogen (secondary N) is 1. The summed E-state index contributed by atoms with van der Waals surface area (Å²) in [6.07, 6.45) is 0. The van der Waals surface area contributed by atoms with Crippen LogP contribution < -0.4 is 5.32 Å². The first-order valence-electron chi connectivity index (χ1n) is 6.60. The lowest BCUT2D eigenvalue weighted by atomic mass is 10.0. The fraction of sp³-hybridized carbons (Fsp3) is 0.294. The molecule has 0 bridgehead atoms. The van der Waals surface area contributed by atoms with Gasteiger partial charge in [0.05, 0.1) is 0 Å². The smallest absolute Gasteiger partial charge is 0.0409 e. The third-order valence-corrected chi connectivity index (χ3v) is 3.48. The molecule has 1 unspecified atom stereocenters. The van der Waals surface area contributed by atoms with Crippen LogP contribution >= 0.6 is 11.6 Å². The van der Waals surface area contributed by atoms with Crippen LogP contribution in [0.15, 0.2) is 42.5 Å². The van der Waals surface area contributed by atoms with Gasteiger partial charge < -0.3 is 5.32 Å². The van der Waals surface area contributed by atoms with Crippen LogP contribution in [0.1, 0.15) is 35.2 Å². The molecule has 0 spiro atoms. The Labute approximate surface area is 120 Å². The maximum absolute atomic E-state index is 5.99. The van der Waals surface area contributed by atoms with Crippen molar-refractivity contribution in [3.05, 3.63) is 69.7 Å².